The number of hydrogen-bond acceptors (Lipinski definition) is 6. The predicted molar refractivity (Wildman–Crippen MR) is 94.0 cm³/mol. The van der Waals surface area contributed by atoms with Crippen LogP contribution in [0.15, 0.2) is 40.7 Å². The van der Waals surface area contributed by atoms with Gasteiger partial charge in [-0.25, -0.2) is 4.98 Å². The Morgan fingerprint density at radius 3 is 2.88 bits per heavy atom. The van der Waals surface area contributed by atoms with Gasteiger partial charge in [0.25, 0.3) is 5.69 Å². The number of nitro benzene ring substituents is 1. The van der Waals surface area contributed by atoms with Crippen LogP contribution in [-0.2, 0) is 6.54 Å². The van der Waals surface area contributed by atoms with Crippen molar-refractivity contribution in [2.45, 2.75) is 13.5 Å². The van der Waals surface area contributed by atoms with Crippen LogP contribution in [0.5, 0.6) is 0 Å². The number of carbonyl (C=O) groups is 1. The first kappa shape index (κ1) is 15.4. The average Bonchev–Trinajstić information content (AvgIpc) is 3.20. The van der Waals surface area contributed by atoms with E-state index in [0.717, 1.165) is 11.2 Å². The monoisotopic (exact) mass is 352 g/mol. The van der Waals surface area contributed by atoms with Gasteiger partial charge in [0.2, 0.25) is 0 Å². The molecule has 0 saturated carbocycles. The van der Waals surface area contributed by atoms with Gasteiger partial charge >= 0.3 is 0 Å². The van der Waals surface area contributed by atoms with Crippen molar-refractivity contribution in [1.82, 2.24) is 9.55 Å². The molecule has 0 amide bonds. The lowest BCUT2D eigenvalue weighted by Crippen LogP contribution is -2.09. The lowest BCUT2D eigenvalue weighted by Gasteiger charge is -2.12. The van der Waals surface area contributed by atoms with Gasteiger partial charge in [0.15, 0.2) is 6.29 Å². The van der Waals surface area contributed by atoms with Crippen LogP contribution >= 0.6 is 11.3 Å². The highest BCUT2D eigenvalue weighted by molar-refractivity contribution is 7.12. The van der Waals surface area contributed by atoms with Crippen LogP contribution < -0.4 is 0 Å². The van der Waals surface area contributed by atoms with E-state index in [1.54, 1.807) is 17.6 Å². The van der Waals surface area contributed by atoms with E-state index in [0.29, 0.717) is 40.7 Å². The summed E-state index contributed by atoms with van der Waals surface area (Å²) in [5.74, 6) is 0.640. The largest absolute Gasteiger partial charge is 0.296 e. The molecule has 0 bridgehead atoms. The van der Waals surface area contributed by atoms with E-state index in [1.165, 1.54) is 23.5 Å². The second-order valence-electron chi connectivity index (χ2n) is 5.55. The summed E-state index contributed by atoms with van der Waals surface area (Å²) in [7, 11) is 0. The van der Waals surface area contributed by atoms with Crippen LogP contribution in [0.1, 0.15) is 32.4 Å². The molecule has 0 saturated heterocycles. The number of thiophene rings is 1. The van der Waals surface area contributed by atoms with Crippen molar-refractivity contribution < 1.29 is 9.72 Å². The first-order valence-electron chi connectivity index (χ1n) is 7.51. The van der Waals surface area contributed by atoms with Crippen LogP contribution in [0.4, 0.5) is 5.69 Å². The van der Waals surface area contributed by atoms with Crippen LogP contribution in [-0.4, -0.2) is 26.5 Å². The van der Waals surface area contributed by atoms with Gasteiger partial charge in [0, 0.05) is 17.7 Å². The molecule has 3 aromatic rings. The third-order valence-electron chi connectivity index (χ3n) is 4.10. The van der Waals surface area contributed by atoms with Gasteiger partial charge in [-0.3, -0.25) is 24.5 Å². The normalized spacial score (nSPS) is 12.8. The maximum absolute atomic E-state index is 11.6. The molecule has 0 unspecified atom stereocenters. The van der Waals surface area contributed by atoms with Crippen molar-refractivity contribution >= 4 is 29.0 Å². The summed E-state index contributed by atoms with van der Waals surface area (Å²) < 4.78 is 1.74. The van der Waals surface area contributed by atoms with Crippen LogP contribution in [0.2, 0.25) is 0 Å². The van der Waals surface area contributed by atoms with Crippen LogP contribution in [0, 0.1) is 17.0 Å². The second-order valence-corrected chi connectivity index (χ2v) is 6.50. The van der Waals surface area contributed by atoms with E-state index in [2.05, 4.69) is 9.98 Å². The summed E-state index contributed by atoms with van der Waals surface area (Å²) in [6, 6.07) is 8.42. The summed E-state index contributed by atoms with van der Waals surface area (Å²) in [6.07, 6.45) is 0.757. The zero-order chi connectivity index (χ0) is 17.6. The Kier molecular flexibility index (Phi) is 3.54. The standard InChI is InChI=1S/C17H12N4O3S/c1-10-14(9-22)20-13-5-4-11(21(23)24)7-12(13)17(15-3-2-6-25-15)18-8-16(20)19-10/h2-7,9H,8H2,1H3. The predicted octanol–water partition coefficient (Wildman–Crippen LogP) is 3.31. The van der Waals surface area contributed by atoms with Gasteiger partial charge in [-0.2, -0.15) is 0 Å². The topological polar surface area (TPSA) is 90.4 Å². The van der Waals surface area contributed by atoms with Crippen molar-refractivity contribution in [2.75, 3.05) is 0 Å². The number of nitro groups is 1. The van der Waals surface area contributed by atoms with E-state index in [1.807, 2.05) is 17.5 Å². The molecule has 1 aliphatic heterocycles. The Bertz CT molecular complexity index is 1030. The number of hydrogen-bond donors (Lipinski definition) is 0. The molecule has 8 heteroatoms. The zero-order valence-electron chi connectivity index (χ0n) is 13.2. The van der Waals surface area contributed by atoms with Gasteiger partial charge in [-0.15, -0.1) is 11.3 Å². The van der Waals surface area contributed by atoms with Crippen LogP contribution in [0.25, 0.3) is 5.69 Å². The van der Waals surface area contributed by atoms with E-state index in [-0.39, 0.29) is 5.69 Å². The maximum Gasteiger partial charge on any atom is 0.270 e. The van der Waals surface area contributed by atoms with Crippen molar-refractivity contribution in [2.24, 2.45) is 4.99 Å². The van der Waals surface area contributed by atoms with Crippen molar-refractivity contribution in [1.29, 1.82) is 0 Å². The minimum atomic E-state index is -0.433. The van der Waals surface area contributed by atoms with Crippen LogP contribution in [0.3, 0.4) is 0 Å². The highest BCUT2D eigenvalue weighted by Crippen LogP contribution is 2.31. The molecule has 0 fully saturated rings. The zero-order valence-corrected chi connectivity index (χ0v) is 14.0. The Hall–Kier alpha value is -3.13. The fourth-order valence-corrected chi connectivity index (χ4v) is 3.74. The Morgan fingerprint density at radius 2 is 2.20 bits per heavy atom. The number of aldehydes is 1. The number of aliphatic imine (C=N–C) groups is 1. The first-order chi connectivity index (χ1) is 12.1. The molecule has 1 aliphatic rings. The highest BCUT2D eigenvalue weighted by Gasteiger charge is 2.25. The number of non-ortho nitro benzene ring substituents is 1. The highest BCUT2D eigenvalue weighted by atomic mass is 32.1. The van der Waals surface area contributed by atoms with E-state index in [9.17, 15) is 14.9 Å². The van der Waals surface area contributed by atoms with E-state index < -0.39 is 4.92 Å². The second kappa shape index (κ2) is 5.75. The third-order valence-corrected chi connectivity index (χ3v) is 4.97. The molecular formula is C17H12N4O3S. The Balaban J connectivity index is 2.05. The van der Waals surface area contributed by atoms with Gasteiger partial charge in [0.1, 0.15) is 11.5 Å². The van der Waals surface area contributed by atoms with Gasteiger partial charge < -0.3 is 0 Å². The van der Waals surface area contributed by atoms with Gasteiger partial charge in [-0.1, -0.05) is 6.07 Å². The molecule has 25 heavy (non-hydrogen) atoms. The maximum atomic E-state index is 11.6. The molecule has 2 aromatic heterocycles. The molecule has 0 N–H and O–H groups in total. The average molecular weight is 352 g/mol. The van der Waals surface area contributed by atoms with Crippen molar-refractivity contribution in [3.63, 3.8) is 0 Å². The van der Waals surface area contributed by atoms with E-state index in [4.69, 9.17) is 0 Å². The minimum Gasteiger partial charge on any atom is -0.296 e. The molecule has 0 spiro atoms. The summed E-state index contributed by atoms with van der Waals surface area (Å²) in [5, 5.41) is 13.2. The fourth-order valence-electron chi connectivity index (χ4n) is 3.00. The lowest BCUT2D eigenvalue weighted by molar-refractivity contribution is -0.384. The molecule has 0 aliphatic carbocycles. The SMILES string of the molecule is Cc1nc2n(c1C=O)-c1ccc([N+](=O)[O-])cc1C(c1cccs1)=NC2. The smallest absolute Gasteiger partial charge is 0.270 e. The van der Waals surface area contributed by atoms with Gasteiger partial charge in [0.05, 0.1) is 33.4 Å². The number of fused-ring (bicyclic) bond motifs is 3. The molecule has 0 radical (unpaired) electrons. The molecular weight excluding hydrogens is 340 g/mol. The molecule has 4 rings (SSSR count). The minimum absolute atomic E-state index is 0.0176. The number of rotatable bonds is 3. The molecule has 124 valence electrons. The molecule has 1 aromatic carbocycles. The summed E-state index contributed by atoms with van der Waals surface area (Å²) in [6.45, 7) is 2.06. The van der Waals surface area contributed by atoms with Crippen molar-refractivity contribution in [3.05, 3.63) is 73.5 Å². The molecule has 0 atom stereocenters. The third kappa shape index (κ3) is 2.38. The summed E-state index contributed by atoms with van der Waals surface area (Å²) >= 11 is 1.51. The van der Waals surface area contributed by atoms with Crippen molar-refractivity contribution in [3.8, 4) is 5.69 Å². The summed E-state index contributed by atoms with van der Waals surface area (Å²) in [5.41, 5.74) is 3.00. The molecule has 7 nitrogen and oxygen atoms in total. The number of aromatic nitrogens is 2. The first-order valence-corrected chi connectivity index (χ1v) is 8.39. The fraction of sp³-hybridized carbons (Fsp3) is 0.118. The number of benzene rings is 1. The van der Waals surface area contributed by atoms with Gasteiger partial charge in [-0.05, 0) is 24.4 Å². The number of imidazole rings is 1. The number of nitrogens with zero attached hydrogens (tertiary/aromatic N) is 4. The quantitative estimate of drug-likeness (QED) is 0.411. The number of aryl methyl sites for hydroxylation is 1. The number of carbonyl (C=O) groups excluding carboxylic acids is 1. The lowest BCUT2D eigenvalue weighted by atomic mass is 10.0. The molecule has 3 heterocycles. The van der Waals surface area contributed by atoms with E-state index >= 15 is 0 Å². The summed E-state index contributed by atoms with van der Waals surface area (Å²) in [4.78, 5) is 32.4. The Morgan fingerprint density at radius 1 is 1.36 bits per heavy atom. The Labute approximate surface area is 146 Å².